The molecule has 0 saturated heterocycles. The van der Waals surface area contributed by atoms with Crippen LogP contribution in [0.1, 0.15) is 17.7 Å². The molecule has 2 aromatic rings. The fourth-order valence-electron chi connectivity index (χ4n) is 3.14. The third-order valence-electron chi connectivity index (χ3n) is 4.45. The third kappa shape index (κ3) is 3.33. The Balaban J connectivity index is 1.85. The Hall–Kier alpha value is -1.83. The number of aromatic amines is 1. The molecule has 1 aliphatic rings. The first kappa shape index (κ1) is 17.0. The van der Waals surface area contributed by atoms with Crippen LogP contribution in [-0.2, 0) is 28.9 Å². The lowest BCUT2D eigenvalue weighted by molar-refractivity contribution is -0.133. The van der Waals surface area contributed by atoms with Crippen LogP contribution < -0.4 is 11.3 Å². The minimum Gasteiger partial charge on any atom is -0.617 e. The second-order valence-corrected chi connectivity index (χ2v) is 7.69. The predicted molar refractivity (Wildman–Crippen MR) is 95.2 cm³/mol. The van der Waals surface area contributed by atoms with E-state index in [1.807, 2.05) is 18.2 Å². The highest BCUT2D eigenvalue weighted by Gasteiger charge is 2.27. The van der Waals surface area contributed by atoms with Crippen LogP contribution in [0, 0.1) is 0 Å². The van der Waals surface area contributed by atoms with Crippen molar-refractivity contribution in [1.29, 1.82) is 0 Å². The first-order valence-corrected chi connectivity index (χ1v) is 9.67. The molecule has 2 atom stereocenters. The van der Waals surface area contributed by atoms with Crippen LogP contribution in [0.25, 0.3) is 10.8 Å². The van der Waals surface area contributed by atoms with Crippen LogP contribution in [0.5, 0.6) is 0 Å². The number of pyridine rings is 1. The van der Waals surface area contributed by atoms with Crippen LogP contribution in [0.3, 0.4) is 0 Å². The fraction of sp³-hybridized carbons (Fsp3) is 0.412. The summed E-state index contributed by atoms with van der Waals surface area (Å²) in [7, 11) is 0. The molecule has 1 aromatic carbocycles. The lowest BCUT2D eigenvalue weighted by Crippen LogP contribution is -2.46. The van der Waals surface area contributed by atoms with E-state index in [2.05, 4.69) is 4.98 Å². The van der Waals surface area contributed by atoms with Gasteiger partial charge in [0.25, 0.3) is 5.56 Å². The van der Waals surface area contributed by atoms with E-state index in [-0.39, 0.29) is 11.5 Å². The van der Waals surface area contributed by atoms with Crippen LogP contribution >= 0.6 is 0 Å². The van der Waals surface area contributed by atoms with Crippen molar-refractivity contribution < 1.29 is 9.35 Å². The number of hydrogen-bond acceptors (Lipinski definition) is 4. The lowest BCUT2D eigenvalue weighted by atomic mass is 9.98. The molecule has 0 spiro atoms. The van der Waals surface area contributed by atoms with Crippen molar-refractivity contribution in [1.82, 2.24) is 9.88 Å². The van der Waals surface area contributed by atoms with Gasteiger partial charge in [-0.2, -0.15) is 0 Å². The van der Waals surface area contributed by atoms with E-state index >= 15 is 0 Å². The van der Waals surface area contributed by atoms with Gasteiger partial charge in [-0.05, 0) is 17.0 Å². The fourth-order valence-corrected chi connectivity index (χ4v) is 3.72. The standard InChI is InChI=1S/C17H21N3O3S/c1-24(23)9-7-14(18)17(22)20-8-6-15-13(10-20)11-4-2-3-5-12(11)16(21)19-15/h2-5,14H,6-10,18H2,1H3,(H,19,21)/t14-,24?/m1/s1. The molecule has 128 valence electrons. The van der Waals surface area contributed by atoms with Crippen molar-refractivity contribution in [3.05, 3.63) is 45.9 Å². The van der Waals surface area contributed by atoms with Gasteiger partial charge in [0.15, 0.2) is 0 Å². The van der Waals surface area contributed by atoms with Crippen LogP contribution in [0.15, 0.2) is 29.1 Å². The zero-order chi connectivity index (χ0) is 17.3. The van der Waals surface area contributed by atoms with E-state index in [4.69, 9.17) is 5.73 Å². The number of benzene rings is 1. The van der Waals surface area contributed by atoms with Gasteiger partial charge in [-0.1, -0.05) is 29.4 Å². The number of carbonyl (C=O) groups excluding carboxylic acids is 1. The molecule has 3 rings (SSSR count). The second-order valence-electron chi connectivity index (χ2n) is 6.14. The number of fused-ring (bicyclic) bond motifs is 3. The molecule has 0 fully saturated rings. The molecule has 0 saturated carbocycles. The summed E-state index contributed by atoms with van der Waals surface area (Å²) in [5.41, 5.74) is 7.76. The predicted octanol–water partition coefficient (Wildman–Crippen LogP) is 0.509. The molecule has 1 aromatic heterocycles. The Bertz CT molecular complexity index is 818. The number of nitrogens with zero attached hydrogens (tertiary/aromatic N) is 1. The zero-order valence-electron chi connectivity index (χ0n) is 13.6. The van der Waals surface area contributed by atoms with E-state index in [9.17, 15) is 14.1 Å². The minimum atomic E-state index is -0.956. The highest BCUT2D eigenvalue weighted by atomic mass is 32.2. The monoisotopic (exact) mass is 347 g/mol. The number of amides is 1. The topological polar surface area (TPSA) is 102 Å². The second kappa shape index (κ2) is 6.96. The van der Waals surface area contributed by atoms with Gasteiger partial charge in [0.1, 0.15) is 5.75 Å². The van der Waals surface area contributed by atoms with E-state index in [1.165, 1.54) is 0 Å². The Labute approximate surface area is 143 Å². The summed E-state index contributed by atoms with van der Waals surface area (Å²) in [6.45, 7) is 0.970. The van der Waals surface area contributed by atoms with Crippen LogP contribution in [-0.4, -0.2) is 44.9 Å². The Morgan fingerprint density at radius 2 is 2.12 bits per heavy atom. The van der Waals surface area contributed by atoms with Gasteiger partial charge >= 0.3 is 0 Å². The van der Waals surface area contributed by atoms with Gasteiger partial charge in [0, 0.05) is 37.0 Å². The van der Waals surface area contributed by atoms with Gasteiger partial charge in [0.2, 0.25) is 5.91 Å². The average molecular weight is 347 g/mol. The molecule has 3 N–H and O–H groups in total. The molecule has 0 aliphatic carbocycles. The molecule has 6 nitrogen and oxygen atoms in total. The summed E-state index contributed by atoms with van der Waals surface area (Å²) in [5, 5.41) is 1.52. The zero-order valence-corrected chi connectivity index (χ0v) is 14.4. The summed E-state index contributed by atoms with van der Waals surface area (Å²) >= 11 is -0.956. The molecule has 24 heavy (non-hydrogen) atoms. The average Bonchev–Trinajstić information content (AvgIpc) is 2.59. The number of nitrogens with two attached hydrogens (primary N) is 1. The minimum absolute atomic E-state index is 0.0914. The first-order chi connectivity index (χ1) is 11.5. The van der Waals surface area contributed by atoms with Crippen molar-refractivity contribution in [3.63, 3.8) is 0 Å². The maximum Gasteiger partial charge on any atom is 0.256 e. The number of carbonyl (C=O) groups is 1. The molecule has 0 radical (unpaired) electrons. The van der Waals surface area contributed by atoms with E-state index < -0.39 is 17.2 Å². The van der Waals surface area contributed by atoms with Gasteiger partial charge in [-0.3, -0.25) is 9.59 Å². The lowest BCUT2D eigenvalue weighted by Gasteiger charge is -2.31. The summed E-state index contributed by atoms with van der Waals surface area (Å²) in [6.07, 6.45) is 2.63. The normalized spacial score (nSPS) is 16.7. The maximum absolute atomic E-state index is 12.6. The van der Waals surface area contributed by atoms with Crippen molar-refractivity contribution in [2.24, 2.45) is 5.73 Å². The van der Waals surface area contributed by atoms with Gasteiger partial charge in [0.05, 0.1) is 12.3 Å². The van der Waals surface area contributed by atoms with Crippen LogP contribution in [0.2, 0.25) is 0 Å². The first-order valence-electron chi connectivity index (χ1n) is 7.94. The quantitative estimate of drug-likeness (QED) is 0.787. The summed E-state index contributed by atoms with van der Waals surface area (Å²) in [4.78, 5) is 29.4. The molecule has 1 unspecified atom stereocenters. The molecule has 0 bridgehead atoms. The number of hydrogen-bond donors (Lipinski definition) is 2. The van der Waals surface area contributed by atoms with Gasteiger partial charge < -0.3 is 20.2 Å². The van der Waals surface area contributed by atoms with Gasteiger partial charge in [-0.25, -0.2) is 0 Å². The number of rotatable bonds is 4. The maximum atomic E-state index is 12.6. The van der Waals surface area contributed by atoms with E-state index in [0.717, 1.165) is 16.6 Å². The third-order valence-corrected chi connectivity index (χ3v) is 5.26. The van der Waals surface area contributed by atoms with Crippen LogP contribution in [0.4, 0.5) is 0 Å². The SMILES string of the molecule is C[S+]([O-])CC[C@@H](N)C(=O)N1CCc2[nH]c(=O)c3ccccc3c2C1. The Kier molecular flexibility index (Phi) is 4.93. The molecule has 2 heterocycles. The molecule has 1 amide bonds. The molecule has 1 aliphatic heterocycles. The van der Waals surface area contributed by atoms with Crippen molar-refractivity contribution >= 4 is 27.9 Å². The Morgan fingerprint density at radius 1 is 1.42 bits per heavy atom. The van der Waals surface area contributed by atoms with Crippen molar-refractivity contribution in [3.8, 4) is 0 Å². The summed E-state index contributed by atoms with van der Waals surface area (Å²) in [5.74, 6) is 0.300. The number of nitrogens with one attached hydrogen (secondary N) is 1. The highest BCUT2D eigenvalue weighted by molar-refractivity contribution is 7.90. The molecule has 7 heteroatoms. The number of aromatic nitrogens is 1. The van der Waals surface area contributed by atoms with Gasteiger partial charge in [-0.15, -0.1) is 0 Å². The Morgan fingerprint density at radius 3 is 2.83 bits per heavy atom. The van der Waals surface area contributed by atoms with E-state index in [1.54, 1.807) is 17.2 Å². The van der Waals surface area contributed by atoms with E-state index in [0.29, 0.717) is 37.1 Å². The van der Waals surface area contributed by atoms with Crippen molar-refractivity contribution in [2.45, 2.75) is 25.4 Å². The number of H-pyrrole nitrogens is 1. The largest absolute Gasteiger partial charge is 0.617 e. The summed E-state index contributed by atoms with van der Waals surface area (Å²) in [6, 6.07) is 6.79. The molecular weight excluding hydrogens is 326 g/mol. The molecular formula is C17H21N3O3S. The smallest absolute Gasteiger partial charge is 0.256 e. The highest BCUT2D eigenvalue weighted by Crippen LogP contribution is 2.24. The summed E-state index contributed by atoms with van der Waals surface area (Å²) < 4.78 is 11.2. The van der Waals surface area contributed by atoms with Crippen molar-refractivity contribution in [2.75, 3.05) is 18.6 Å².